The van der Waals surface area contributed by atoms with Gasteiger partial charge in [0.05, 0.1) is 5.54 Å². The smallest absolute Gasteiger partial charge is 0.161 e. The molecular weight excluding hydrogens is 264 g/mol. The van der Waals surface area contributed by atoms with Crippen LogP contribution in [0.1, 0.15) is 51.0 Å². The lowest BCUT2D eigenvalue weighted by Crippen LogP contribution is -2.29. The van der Waals surface area contributed by atoms with Crippen molar-refractivity contribution in [2.75, 3.05) is 11.1 Å². The second-order valence-electron chi connectivity index (χ2n) is 6.02. The second-order valence-corrected chi connectivity index (χ2v) is 6.99. The molecule has 1 aromatic rings. The third-order valence-corrected chi connectivity index (χ3v) is 5.53. The van der Waals surface area contributed by atoms with Crippen LogP contribution in [0.4, 0.5) is 5.69 Å². The number of amidine groups is 1. The van der Waals surface area contributed by atoms with E-state index >= 15 is 0 Å². The number of rotatable bonds is 3. The van der Waals surface area contributed by atoms with Gasteiger partial charge in [-0.3, -0.25) is 4.99 Å². The van der Waals surface area contributed by atoms with Crippen molar-refractivity contribution < 1.29 is 0 Å². The first-order valence-electron chi connectivity index (χ1n) is 7.89. The van der Waals surface area contributed by atoms with Gasteiger partial charge < -0.3 is 5.32 Å². The molecule has 2 aliphatic rings. The molecule has 0 amide bonds. The predicted octanol–water partition coefficient (Wildman–Crippen LogP) is 4.86. The number of aryl methyl sites for hydroxylation is 1. The second kappa shape index (κ2) is 6.21. The Morgan fingerprint density at radius 2 is 2.00 bits per heavy atom. The van der Waals surface area contributed by atoms with Gasteiger partial charge in [-0.15, -0.1) is 0 Å². The minimum absolute atomic E-state index is 0.255. The van der Waals surface area contributed by atoms with Crippen LogP contribution >= 0.6 is 11.8 Å². The van der Waals surface area contributed by atoms with E-state index < -0.39 is 0 Å². The molecule has 3 heteroatoms. The summed E-state index contributed by atoms with van der Waals surface area (Å²) in [6.07, 6.45) is 8.97. The Labute approximate surface area is 126 Å². The number of para-hydroxylation sites is 1. The average Bonchev–Trinajstić information content (AvgIpc) is 2.85. The van der Waals surface area contributed by atoms with Crippen molar-refractivity contribution in [3.8, 4) is 0 Å². The van der Waals surface area contributed by atoms with Crippen LogP contribution in [0.25, 0.3) is 0 Å². The standard InChI is InChI=1S/C17H24N2S/c1-2-8-14-9-4-5-10-15(14)18-16-19-17(13-20-16)11-6-3-7-12-17/h4-5,9-10H,2-3,6-8,11-13H2,1H3,(H,18,19). The molecule has 0 atom stereocenters. The first kappa shape index (κ1) is 14.0. The van der Waals surface area contributed by atoms with Crippen molar-refractivity contribution >= 4 is 22.6 Å². The largest absolute Gasteiger partial charge is 0.335 e. The molecule has 0 bridgehead atoms. The number of nitrogens with one attached hydrogen (secondary N) is 1. The fraction of sp³-hybridized carbons (Fsp3) is 0.588. The summed E-state index contributed by atoms with van der Waals surface area (Å²) in [6, 6.07) is 8.64. The number of hydrogen-bond donors (Lipinski definition) is 1. The zero-order chi connectivity index (χ0) is 13.8. The molecule has 1 aromatic carbocycles. The zero-order valence-electron chi connectivity index (χ0n) is 12.3. The van der Waals surface area contributed by atoms with E-state index in [0.29, 0.717) is 0 Å². The fourth-order valence-electron chi connectivity index (χ4n) is 3.26. The predicted molar refractivity (Wildman–Crippen MR) is 89.8 cm³/mol. The molecule has 1 aliphatic heterocycles. The summed E-state index contributed by atoms with van der Waals surface area (Å²) in [5.41, 5.74) is 2.90. The molecule has 0 unspecified atom stereocenters. The lowest BCUT2D eigenvalue weighted by atomic mass is 9.84. The summed E-state index contributed by atoms with van der Waals surface area (Å²) in [6.45, 7) is 2.23. The highest BCUT2D eigenvalue weighted by Gasteiger charge is 2.36. The van der Waals surface area contributed by atoms with E-state index in [1.54, 1.807) is 0 Å². The van der Waals surface area contributed by atoms with Crippen LogP contribution in [-0.2, 0) is 6.42 Å². The molecule has 1 fully saturated rings. The molecule has 1 heterocycles. The monoisotopic (exact) mass is 288 g/mol. The van der Waals surface area contributed by atoms with Crippen molar-refractivity contribution in [1.82, 2.24) is 0 Å². The van der Waals surface area contributed by atoms with E-state index in [1.165, 1.54) is 55.5 Å². The van der Waals surface area contributed by atoms with Gasteiger partial charge in [-0.2, -0.15) is 0 Å². The van der Waals surface area contributed by atoms with E-state index in [0.717, 1.165) is 11.6 Å². The van der Waals surface area contributed by atoms with Crippen molar-refractivity contribution in [2.45, 2.75) is 57.4 Å². The van der Waals surface area contributed by atoms with Crippen molar-refractivity contribution in [1.29, 1.82) is 0 Å². The van der Waals surface area contributed by atoms with Gasteiger partial charge in [-0.25, -0.2) is 0 Å². The van der Waals surface area contributed by atoms with Gasteiger partial charge in [0.15, 0.2) is 5.17 Å². The summed E-state index contributed by atoms with van der Waals surface area (Å²) in [5.74, 6) is 1.17. The molecule has 0 radical (unpaired) electrons. The zero-order valence-corrected chi connectivity index (χ0v) is 13.1. The van der Waals surface area contributed by atoms with Gasteiger partial charge in [-0.05, 0) is 30.9 Å². The highest BCUT2D eigenvalue weighted by molar-refractivity contribution is 8.14. The van der Waals surface area contributed by atoms with Crippen molar-refractivity contribution in [2.24, 2.45) is 4.99 Å². The summed E-state index contributed by atoms with van der Waals surface area (Å²) in [4.78, 5) is 5.04. The highest BCUT2D eigenvalue weighted by Crippen LogP contribution is 2.40. The Kier molecular flexibility index (Phi) is 4.35. The van der Waals surface area contributed by atoms with Crippen LogP contribution in [0.3, 0.4) is 0 Å². The number of hydrogen-bond acceptors (Lipinski definition) is 3. The number of anilines is 1. The quantitative estimate of drug-likeness (QED) is 0.859. The first-order chi connectivity index (χ1) is 9.81. The van der Waals surface area contributed by atoms with Crippen LogP contribution in [0.5, 0.6) is 0 Å². The number of nitrogens with zero attached hydrogens (tertiary/aromatic N) is 1. The normalized spacial score (nSPS) is 20.9. The van der Waals surface area contributed by atoms with E-state index in [9.17, 15) is 0 Å². The van der Waals surface area contributed by atoms with Gasteiger partial charge in [0.2, 0.25) is 0 Å². The van der Waals surface area contributed by atoms with Gasteiger partial charge in [-0.1, -0.05) is 62.6 Å². The number of benzene rings is 1. The summed E-state index contributed by atoms with van der Waals surface area (Å²) in [5, 5.41) is 4.71. The van der Waals surface area contributed by atoms with Gasteiger partial charge >= 0.3 is 0 Å². The van der Waals surface area contributed by atoms with Gasteiger partial charge in [0.25, 0.3) is 0 Å². The molecule has 0 saturated heterocycles. The molecule has 0 aromatic heterocycles. The Morgan fingerprint density at radius 1 is 1.20 bits per heavy atom. The number of aliphatic imine (C=N–C) groups is 1. The van der Waals surface area contributed by atoms with Crippen LogP contribution in [0.2, 0.25) is 0 Å². The molecule has 1 saturated carbocycles. The van der Waals surface area contributed by atoms with E-state index in [2.05, 4.69) is 36.5 Å². The van der Waals surface area contributed by atoms with E-state index in [1.807, 2.05) is 11.8 Å². The van der Waals surface area contributed by atoms with E-state index in [-0.39, 0.29) is 5.54 Å². The van der Waals surface area contributed by atoms with Gasteiger partial charge in [0, 0.05) is 11.4 Å². The molecule has 3 rings (SSSR count). The third kappa shape index (κ3) is 3.03. The van der Waals surface area contributed by atoms with Crippen molar-refractivity contribution in [3.05, 3.63) is 29.8 Å². The minimum Gasteiger partial charge on any atom is -0.335 e. The number of thioether (sulfide) groups is 1. The Bertz CT molecular complexity index is 490. The van der Waals surface area contributed by atoms with Crippen LogP contribution in [0, 0.1) is 0 Å². The molecule has 2 nitrogen and oxygen atoms in total. The third-order valence-electron chi connectivity index (χ3n) is 4.38. The summed E-state index contributed by atoms with van der Waals surface area (Å²) < 4.78 is 0. The van der Waals surface area contributed by atoms with E-state index in [4.69, 9.17) is 4.99 Å². The maximum atomic E-state index is 5.04. The maximum absolute atomic E-state index is 5.04. The van der Waals surface area contributed by atoms with Crippen LogP contribution in [0.15, 0.2) is 29.3 Å². The molecule has 1 N–H and O–H groups in total. The molecule has 20 heavy (non-hydrogen) atoms. The fourth-order valence-corrected chi connectivity index (χ4v) is 4.46. The van der Waals surface area contributed by atoms with Gasteiger partial charge in [0.1, 0.15) is 0 Å². The molecular formula is C17H24N2S. The summed E-state index contributed by atoms with van der Waals surface area (Å²) in [7, 11) is 0. The molecule has 1 aliphatic carbocycles. The first-order valence-corrected chi connectivity index (χ1v) is 8.87. The SMILES string of the molecule is CCCc1ccccc1NC1=NC2(CCCCC2)CS1. The lowest BCUT2D eigenvalue weighted by Gasteiger charge is -2.29. The highest BCUT2D eigenvalue weighted by atomic mass is 32.2. The molecule has 1 spiro atoms. The molecule has 108 valence electrons. The van der Waals surface area contributed by atoms with Crippen molar-refractivity contribution in [3.63, 3.8) is 0 Å². The Hall–Kier alpha value is -0.960. The lowest BCUT2D eigenvalue weighted by molar-refractivity contribution is 0.335. The minimum atomic E-state index is 0.255. The topological polar surface area (TPSA) is 24.4 Å². The Balaban J connectivity index is 1.73. The van der Waals surface area contributed by atoms with Crippen LogP contribution in [-0.4, -0.2) is 16.5 Å². The summed E-state index contributed by atoms with van der Waals surface area (Å²) >= 11 is 1.91. The maximum Gasteiger partial charge on any atom is 0.161 e. The Morgan fingerprint density at radius 3 is 2.80 bits per heavy atom. The van der Waals surface area contributed by atoms with Crippen LogP contribution < -0.4 is 5.32 Å². The average molecular weight is 288 g/mol.